The van der Waals surface area contributed by atoms with Gasteiger partial charge in [-0.2, -0.15) is 0 Å². The van der Waals surface area contributed by atoms with Crippen molar-refractivity contribution in [1.82, 2.24) is 0 Å². The molecule has 0 amide bonds. The van der Waals surface area contributed by atoms with Gasteiger partial charge < -0.3 is 19.7 Å². The van der Waals surface area contributed by atoms with E-state index in [2.05, 4.69) is 0 Å². The van der Waals surface area contributed by atoms with Crippen molar-refractivity contribution in [3.8, 4) is 0 Å². The van der Waals surface area contributed by atoms with Crippen LogP contribution >= 0.6 is 0 Å². The number of aliphatic hydroxyl groups excluding tert-OH is 2. The Morgan fingerprint density at radius 2 is 0.894 bits per heavy atom. The molecule has 3 aromatic rings. The molecule has 0 radical (unpaired) electrons. The Morgan fingerprint density at radius 3 is 1.26 bits per heavy atom. The molecule has 0 unspecified atom stereocenters. The van der Waals surface area contributed by atoms with Crippen molar-refractivity contribution in [2.24, 2.45) is 0 Å². The molecule has 2 saturated carbocycles. The first-order chi connectivity index (χ1) is 22.4. The van der Waals surface area contributed by atoms with Gasteiger partial charge in [0.15, 0.2) is 45.9 Å². The van der Waals surface area contributed by atoms with E-state index < -0.39 is 78.4 Å². The second-order valence-corrected chi connectivity index (χ2v) is 17.9. The Morgan fingerprint density at radius 1 is 0.553 bits per heavy atom. The molecule has 0 saturated heterocycles. The monoisotopic (exact) mass is 703 g/mol. The van der Waals surface area contributed by atoms with Crippen molar-refractivity contribution in [1.29, 1.82) is 0 Å². The summed E-state index contributed by atoms with van der Waals surface area (Å²) in [6.07, 6.45) is 2.39. The first kappa shape index (κ1) is 35.1. The number of hydrogen-bond acceptors (Lipinski definition) is 10. The first-order valence-corrected chi connectivity index (χ1v) is 20.1. The fraction of sp³-hybridized carbons (Fsp3) is 0.412. The third kappa shape index (κ3) is 9.44. The number of hydrogen-bond donors (Lipinski definition) is 2. The number of rotatable bonds is 11. The maximum absolute atomic E-state index is 13.1. The molecule has 0 bridgehead atoms. The van der Waals surface area contributed by atoms with Crippen LogP contribution in [0.5, 0.6) is 0 Å². The van der Waals surface area contributed by atoms with Crippen molar-refractivity contribution in [2.75, 3.05) is 11.5 Å². The molecule has 47 heavy (non-hydrogen) atoms. The fourth-order valence-electron chi connectivity index (χ4n) is 5.77. The SMILES string of the molecule is O=C(CS(=O)(=O)c1ccc([S+](c2ccccc2)c2ccc(S(=O)(=O)CC(=O)OC3CCC(O)CC3)cc2)cc1)OC1CCC(O)CC1. The fourth-order valence-corrected chi connectivity index (χ4v) is 10.0. The van der Waals surface area contributed by atoms with Crippen LogP contribution in [-0.2, 0) is 49.6 Å². The molecule has 2 aliphatic rings. The van der Waals surface area contributed by atoms with Crippen LogP contribution in [-0.4, -0.2) is 74.9 Å². The summed E-state index contributed by atoms with van der Waals surface area (Å²) in [5, 5.41) is 19.3. The van der Waals surface area contributed by atoms with Gasteiger partial charge >= 0.3 is 11.9 Å². The average molecular weight is 704 g/mol. The number of esters is 2. The van der Waals surface area contributed by atoms with Crippen molar-refractivity contribution < 1.29 is 46.1 Å². The Balaban J connectivity index is 1.29. The van der Waals surface area contributed by atoms with Gasteiger partial charge in [0, 0.05) is 0 Å². The lowest BCUT2D eigenvalue weighted by atomic mass is 9.95. The quantitative estimate of drug-likeness (QED) is 0.221. The van der Waals surface area contributed by atoms with Crippen LogP contribution in [0.1, 0.15) is 51.4 Å². The zero-order valence-corrected chi connectivity index (χ0v) is 28.2. The molecule has 0 atom stereocenters. The van der Waals surface area contributed by atoms with Crippen molar-refractivity contribution in [3.63, 3.8) is 0 Å². The summed E-state index contributed by atoms with van der Waals surface area (Å²) < 4.78 is 62.9. The van der Waals surface area contributed by atoms with E-state index in [4.69, 9.17) is 9.47 Å². The molecule has 2 N–H and O–H groups in total. The van der Waals surface area contributed by atoms with E-state index >= 15 is 0 Å². The van der Waals surface area contributed by atoms with Crippen LogP contribution in [0.4, 0.5) is 0 Å². The molecule has 2 aliphatic carbocycles. The first-order valence-electron chi connectivity index (χ1n) is 15.6. The topological polar surface area (TPSA) is 161 Å². The van der Waals surface area contributed by atoms with Gasteiger partial charge in [0.25, 0.3) is 0 Å². The molecule has 0 heterocycles. The molecule has 0 spiro atoms. The smallest absolute Gasteiger partial charge is 0.321 e. The van der Waals surface area contributed by atoms with E-state index in [-0.39, 0.29) is 9.79 Å². The number of sulfone groups is 2. The van der Waals surface area contributed by atoms with E-state index in [9.17, 15) is 36.6 Å². The summed E-state index contributed by atoms with van der Waals surface area (Å²) in [7, 11) is -8.68. The minimum atomic E-state index is -3.97. The molecule has 3 aromatic carbocycles. The van der Waals surface area contributed by atoms with Crippen LogP contribution in [0.25, 0.3) is 0 Å². The minimum Gasteiger partial charge on any atom is -0.462 e. The van der Waals surface area contributed by atoms with Gasteiger partial charge in [-0.15, -0.1) is 0 Å². The van der Waals surface area contributed by atoms with E-state index in [1.165, 1.54) is 24.3 Å². The number of ether oxygens (including phenoxy) is 2. The molecule has 252 valence electrons. The van der Waals surface area contributed by atoms with Crippen molar-refractivity contribution >= 4 is 42.5 Å². The lowest BCUT2D eigenvalue weighted by Gasteiger charge is -2.25. The highest BCUT2D eigenvalue weighted by molar-refractivity contribution is 7.97. The summed E-state index contributed by atoms with van der Waals surface area (Å²) in [5.74, 6) is -3.22. The summed E-state index contributed by atoms with van der Waals surface area (Å²) in [6.45, 7) is 0. The van der Waals surface area contributed by atoms with Crippen molar-refractivity contribution in [3.05, 3.63) is 78.9 Å². The second-order valence-electron chi connectivity index (χ2n) is 11.9. The van der Waals surface area contributed by atoms with Crippen molar-refractivity contribution in [2.45, 2.75) is 100 Å². The zero-order chi connectivity index (χ0) is 33.6. The largest absolute Gasteiger partial charge is 0.462 e. The predicted molar refractivity (Wildman–Crippen MR) is 174 cm³/mol. The maximum atomic E-state index is 13.1. The molecule has 13 heteroatoms. The zero-order valence-electron chi connectivity index (χ0n) is 25.8. The Bertz CT molecular complexity index is 1610. The highest BCUT2D eigenvalue weighted by Gasteiger charge is 2.32. The number of benzene rings is 3. The van der Waals surface area contributed by atoms with E-state index in [0.717, 1.165) is 14.7 Å². The van der Waals surface area contributed by atoms with E-state index in [1.807, 2.05) is 30.3 Å². The van der Waals surface area contributed by atoms with Gasteiger partial charge in [-0.25, -0.2) is 16.8 Å². The Kier molecular flexibility index (Phi) is 11.4. The lowest BCUT2D eigenvalue weighted by Crippen LogP contribution is -2.29. The molecule has 0 aromatic heterocycles. The summed E-state index contributed by atoms with van der Waals surface area (Å²) in [6, 6.07) is 22.0. The highest BCUT2D eigenvalue weighted by Crippen LogP contribution is 2.33. The molecule has 2 fully saturated rings. The Hall–Kier alpha value is -3.23. The molecule has 0 aliphatic heterocycles. The van der Waals surface area contributed by atoms with Gasteiger partial charge in [0.1, 0.15) is 12.2 Å². The summed E-state index contributed by atoms with van der Waals surface area (Å²) in [5.41, 5.74) is 0. The normalized spacial score (nSPS) is 22.6. The highest BCUT2D eigenvalue weighted by atomic mass is 32.2. The summed E-state index contributed by atoms with van der Waals surface area (Å²) in [4.78, 5) is 27.3. The summed E-state index contributed by atoms with van der Waals surface area (Å²) >= 11 is 0. The van der Waals surface area contributed by atoms with E-state index in [1.54, 1.807) is 24.3 Å². The van der Waals surface area contributed by atoms with Crippen LogP contribution in [0.2, 0.25) is 0 Å². The van der Waals surface area contributed by atoms with Crippen LogP contribution < -0.4 is 0 Å². The third-order valence-electron chi connectivity index (χ3n) is 8.32. The molecular formula is C34H39O10S3+. The number of carbonyl (C=O) groups is 2. The number of carbonyl (C=O) groups excluding carboxylic acids is 2. The third-order valence-corrected chi connectivity index (χ3v) is 13.8. The van der Waals surface area contributed by atoms with Crippen LogP contribution in [0, 0.1) is 0 Å². The second kappa shape index (κ2) is 15.3. The molecular weight excluding hydrogens is 665 g/mol. The standard InChI is InChI=1S/C34H39O10S3/c35-24-6-10-26(11-7-24)43-33(37)22-46(39,40)31-18-14-29(15-19-31)45(28-4-2-1-3-5-28)30-16-20-32(21-17-30)47(41,42)23-34(38)44-27-12-8-25(36)9-13-27/h1-5,14-21,24-27,35-36H,6-13,22-23H2/q+1. The van der Waals surface area contributed by atoms with Gasteiger partial charge in [-0.3, -0.25) is 9.59 Å². The van der Waals surface area contributed by atoms with Crippen LogP contribution in [0.3, 0.4) is 0 Å². The molecule has 10 nitrogen and oxygen atoms in total. The average Bonchev–Trinajstić information content (AvgIpc) is 3.04. The minimum absolute atomic E-state index is 0.0217. The maximum Gasteiger partial charge on any atom is 0.321 e. The predicted octanol–water partition coefficient (Wildman–Crippen LogP) is 4.02. The van der Waals surface area contributed by atoms with Gasteiger partial charge in [-0.1, -0.05) is 18.2 Å². The van der Waals surface area contributed by atoms with E-state index in [0.29, 0.717) is 51.4 Å². The lowest BCUT2D eigenvalue weighted by molar-refractivity contribution is -0.149. The molecule has 5 rings (SSSR count). The Labute approximate surface area is 278 Å². The number of aliphatic hydroxyl groups is 2. The van der Waals surface area contributed by atoms with Crippen LogP contribution in [0.15, 0.2) is 103 Å². The van der Waals surface area contributed by atoms with Gasteiger partial charge in [-0.05, 0) is 112 Å². The van der Waals surface area contributed by atoms with Gasteiger partial charge in [0.05, 0.1) is 32.9 Å². The van der Waals surface area contributed by atoms with Gasteiger partial charge in [0.2, 0.25) is 0 Å².